The first-order valence-corrected chi connectivity index (χ1v) is 3.65. The van der Waals surface area contributed by atoms with Crippen molar-refractivity contribution in [2.24, 2.45) is 5.16 Å². The highest BCUT2D eigenvalue weighted by molar-refractivity contribution is 5.79. The van der Waals surface area contributed by atoms with Crippen LogP contribution in [0.5, 0.6) is 0 Å². The van der Waals surface area contributed by atoms with Gasteiger partial charge in [0.1, 0.15) is 12.4 Å². The van der Waals surface area contributed by atoms with Gasteiger partial charge in [-0.15, -0.1) is 0 Å². The maximum absolute atomic E-state index is 12.8. The van der Waals surface area contributed by atoms with Gasteiger partial charge in [-0.05, 0) is 25.1 Å². The smallest absolute Gasteiger partial charge is 0.132 e. The molecule has 0 aliphatic rings. The topological polar surface area (TPSA) is 21.6 Å². The standard InChI is InChI=1S/C9H9FNO/c1-2-12-11-7-8-5-3-4-6-9(8)10/h3,5-7H,2H2,1H3/b11-7+. The summed E-state index contributed by atoms with van der Waals surface area (Å²) < 4.78 is 12.8. The highest BCUT2D eigenvalue weighted by Gasteiger charge is 1.95. The number of nitrogens with zero attached hydrogens (tertiary/aromatic N) is 1. The van der Waals surface area contributed by atoms with Gasteiger partial charge in [-0.1, -0.05) is 11.2 Å². The second kappa shape index (κ2) is 4.49. The summed E-state index contributed by atoms with van der Waals surface area (Å²) in [5.74, 6) is -0.346. The second-order valence-electron chi connectivity index (χ2n) is 2.10. The summed E-state index contributed by atoms with van der Waals surface area (Å²) in [7, 11) is 0. The van der Waals surface area contributed by atoms with Gasteiger partial charge in [0.05, 0.1) is 6.21 Å². The minimum atomic E-state index is -0.346. The fourth-order valence-electron chi connectivity index (χ4n) is 0.695. The molecule has 0 spiro atoms. The third-order valence-electron chi connectivity index (χ3n) is 1.24. The highest BCUT2D eigenvalue weighted by atomic mass is 19.1. The van der Waals surface area contributed by atoms with Crippen LogP contribution in [-0.2, 0) is 4.84 Å². The Morgan fingerprint density at radius 2 is 2.58 bits per heavy atom. The van der Waals surface area contributed by atoms with Crippen LogP contribution in [0, 0.1) is 11.9 Å². The molecule has 63 valence electrons. The first-order chi connectivity index (χ1) is 5.84. The van der Waals surface area contributed by atoms with E-state index in [0.717, 1.165) is 0 Å². The van der Waals surface area contributed by atoms with Crippen LogP contribution in [0.15, 0.2) is 23.4 Å². The van der Waals surface area contributed by atoms with E-state index in [-0.39, 0.29) is 5.82 Å². The Kier molecular flexibility index (Phi) is 3.26. The zero-order valence-corrected chi connectivity index (χ0v) is 6.75. The van der Waals surface area contributed by atoms with E-state index in [1.165, 1.54) is 12.3 Å². The molecule has 0 aliphatic heterocycles. The lowest BCUT2D eigenvalue weighted by atomic mass is 10.2. The van der Waals surface area contributed by atoms with Crippen molar-refractivity contribution in [3.63, 3.8) is 0 Å². The van der Waals surface area contributed by atoms with Gasteiger partial charge in [-0.2, -0.15) is 0 Å². The van der Waals surface area contributed by atoms with Crippen LogP contribution in [0.3, 0.4) is 0 Å². The van der Waals surface area contributed by atoms with Crippen LogP contribution in [0.4, 0.5) is 4.39 Å². The molecular formula is C9H9FNO. The quantitative estimate of drug-likeness (QED) is 0.497. The molecule has 12 heavy (non-hydrogen) atoms. The Morgan fingerprint density at radius 1 is 1.75 bits per heavy atom. The summed E-state index contributed by atoms with van der Waals surface area (Å²) in [6.07, 6.45) is 1.34. The van der Waals surface area contributed by atoms with Crippen molar-refractivity contribution in [3.05, 3.63) is 35.6 Å². The monoisotopic (exact) mass is 166 g/mol. The molecule has 0 amide bonds. The average Bonchev–Trinajstić information content (AvgIpc) is 2.09. The van der Waals surface area contributed by atoms with E-state index >= 15 is 0 Å². The summed E-state index contributed by atoms with van der Waals surface area (Å²) in [6, 6.07) is 7.07. The molecule has 0 aliphatic carbocycles. The van der Waals surface area contributed by atoms with Gasteiger partial charge in [0.25, 0.3) is 0 Å². The van der Waals surface area contributed by atoms with Gasteiger partial charge in [0, 0.05) is 5.56 Å². The van der Waals surface area contributed by atoms with Crippen molar-refractivity contribution >= 4 is 6.21 Å². The third kappa shape index (κ3) is 2.34. The molecular weight excluding hydrogens is 157 g/mol. The van der Waals surface area contributed by atoms with Crippen molar-refractivity contribution in [2.75, 3.05) is 6.61 Å². The van der Waals surface area contributed by atoms with Gasteiger partial charge in [0.15, 0.2) is 0 Å². The van der Waals surface area contributed by atoms with Crippen molar-refractivity contribution in [1.29, 1.82) is 0 Å². The van der Waals surface area contributed by atoms with E-state index in [4.69, 9.17) is 0 Å². The normalized spacial score (nSPS) is 10.5. The molecule has 0 N–H and O–H groups in total. The lowest BCUT2D eigenvalue weighted by molar-refractivity contribution is 0.160. The fraction of sp³-hybridized carbons (Fsp3) is 0.222. The van der Waals surface area contributed by atoms with Crippen LogP contribution in [0.2, 0.25) is 0 Å². The molecule has 0 heterocycles. The number of oxime groups is 1. The lowest BCUT2D eigenvalue weighted by Crippen LogP contribution is -1.88. The molecule has 0 saturated heterocycles. The summed E-state index contributed by atoms with van der Waals surface area (Å²) >= 11 is 0. The third-order valence-corrected chi connectivity index (χ3v) is 1.24. The zero-order valence-electron chi connectivity index (χ0n) is 6.75. The predicted octanol–water partition coefficient (Wildman–Crippen LogP) is 2.00. The molecule has 0 atom stereocenters. The molecule has 0 fully saturated rings. The minimum absolute atomic E-state index is 0.346. The van der Waals surface area contributed by atoms with Crippen LogP contribution in [0.25, 0.3) is 0 Å². The summed E-state index contributed by atoms with van der Waals surface area (Å²) in [4.78, 5) is 4.68. The first kappa shape index (κ1) is 8.71. The van der Waals surface area contributed by atoms with E-state index in [1.807, 2.05) is 6.92 Å². The Bertz CT molecular complexity index is 273. The van der Waals surface area contributed by atoms with E-state index in [0.29, 0.717) is 12.2 Å². The summed E-state index contributed by atoms with van der Waals surface area (Å²) in [5, 5.41) is 3.54. The van der Waals surface area contributed by atoms with E-state index in [9.17, 15) is 4.39 Å². The highest BCUT2D eigenvalue weighted by Crippen LogP contribution is 2.02. The molecule has 1 rings (SSSR count). The van der Waals surface area contributed by atoms with Gasteiger partial charge in [-0.25, -0.2) is 4.39 Å². The SMILES string of the molecule is CCO/N=C/c1cc[c]cc1F. The number of benzene rings is 1. The summed E-state index contributed by atoms with van der Waals surface area (Å²) in [5.41, 5.74) is 0.405. The minimum Gasteiger partial charge on any atom is -0.396 e. The first-order valence-electron chi connectivity index (χ1n) is 3.65. The molecule has 0 saturated carbocycles. The molecule has 0 unspecified atom stereocenters. The number of hydrogen-bond acceptors (Lipinski definition) is 2. The van der Waals surface area contributed by atoms with Gasteiger partial charge >= 0.3 is 0 Å². The van der Waals surface area contributed by atoms with Gasteiger partial charge in [0.2, 0.25) is 0 Å². The van der Waals surface area contributed by atoms with Crippen molar-refractivity contribution in [3.8, 4) is 0 Å². The van der Waals surface area contributed by atoms with Crippen molar-refractivity contribution < 1.29 is 9.23 Å². The maximum Gasteiger partial charge on any atom is 0.132 e. The van der Waals surface area contributed by atoms with Crippen LogP contribution in [-0.4, -0.2) is 12.8 Å². The second-order valence-corrected chi connectivity index (χ2v) is 2.10. The molecule has 1 aromatic carbocycles. The molecule has 1 radical (unpaired) electrons. The number of hydrogen-bond donors (Lipinski definition) is 0. The molecule has 3 heteroatoms. The Labute approximate surface area is 70.7 Å². The fourth-order valence-corrected chi connectivity index (χ4v) is 0.695. The Balaban J connectivity index is 2.68. The van der Waals surface area contributed by atoms with Crippen LogP contribution < -0.4 is 0 Å². The predicted molar refractivity (Wildman–Crippen MR) is 44.5 cm³/mol. The molecule has 0 aromatic heterocycles. The van der Waals surface area contributed by atoms with Gasteiger partial charge < -0.3 is 4.84 Å². The zero-order chi connectivity index (χ0) is 8.81. The van der Waals surface area contributed by atoms with E-state index in [2.05, 4.69) is 16.1 Å². The van der Waals surface area contributed by atoms with Crippen molar-refractivity contribution in [1.82, 2.24) is 0 Å². The van der Waals surface area contributed by atoms with E-state index in [1.54, 1.807) is 12.1 Å². The molecule has 0 bridgehead atoms. The molecule has 1 aromatic rings. The lowest BCUT2D eigenvalue weighted by Gasteiger charge is -1.93. The molecule has 2 nitrogen and oxygen atoms in total. The van der Waals surface area contributed by atoms with Crippen molar-refractivity contribution in [2.45, 2.75) is 6.92 Å². The van der Waals surface area contributed by atoms with Crippen LogP contribution >= 0.6 is 0 Å². The maximum atomic E-state index is 12.8. The Hall–Kier alpha value is -1.38. The number of rotatable bonds is 3. The average molecular weight is 166 g/mol. The summed E-state index contributed by atoms with van der Waals surface area (Å²) in [6.45, 7) is 2.30. The van der Waals surface area contributed by atoms with Crippen LogP contribution in [0.1, 0.15) is 12.5 Å². The van der Waals surface area contributed by atoms with Gasteiger partial charge in [-0.3, -0.25) is 0 Å². The Morgan fingerprint density at radius 3 is 3.25 bits per heavy atom. The largest absolute Gasteiger partial charge is 0.396 e. The van der Waals surface area contributed by atoms with E-state index < -0.39 is 0 Å². The number of halogens is 1.